The van der Waals surface area contributed by atoms with Crippen LogP contribution in [0.2, 0.25) is 0 Å². The summed E-state index contributed by atoms with van der Waals surface area (Å²) >= 11 is 0. The summed E-state index contributed by atoms with van der Waals surface area (Å²) < 4.78 is 7.16. The summed E-state index contributed by atoms with van der Waals surface area (Å²) in [7, 11) is 0. The van der Waals surface area contributed by atoms with E-state index in [2.05, 4.69) is 29.6 Å². The van der Waals surface area contributed by atoms with Crippen molar-refractivity contribution >= 4 is 17.6 Å². The smallest absolute Gasteiger partial charge is 0.319 e. The van der Waals surface area contributed by atoms with E-state index in [4.69, 9.17) is 10.2 Å². The molecule has 1 aliphatic carbocycles. The average molecular weight is 345 g/mol. The van der Waals surface area contributed by atoms with Crippen LogP contribution < -0.4 is 16.4 Å². The summed E-state index contributed by atoms with van der Waals surface area (Å²) in [6.07, 6.45) is 4.71. The number of nitrogens with two attached hydrogens (primary N) is 1. The van der Waals surface area contributed by atoms with E-state index in [0.717, 1.165) is 29.9 Å². The van der Waals surface area contributed by atoms with E-state index in [-0.39, 0.29) is 24.0 Å². The lowest BCUT2D eigenvalue weighted by Crippen LogP contribution is -2.38. The summed E-state index contributed by atoms with van der Waals surface area (Å²) in [5.74, 6) is 1.29. The topological polar surface area (TPSA) is 115 Å². The second kappa shape index (κ2) is 6.27. The monoisotopic (exact) mass is 345 g/mol. The Morgan fingerprint density at radius 1 is 1.48 bits per heavy atom. The second-order valence-electron chi connectivity index (χ2n) is 7.32. The Labute approximate surface area is 145 Å². The minimum atomic E-state index is -0.494. The van der Waals surface area contributed by atoms with Crippen LogP contribution in [0.15, 0.2) is 22.9 Å². The zero-order chi connectivity index (χ0) is 18.2. The quantitative estimate of drug-likeness (QED) is 0.787. The normalized spacial score (nSPS) is 18.4. The van der Waals surface area contributed by atoms with Gasteiger partial charge in [-0.1, -0.05) is 13.8 Å². The highest BCUT2D eigenvalue weighted by Gasteiger charge is 2.35. The Kier molecular flexibility index (Phi) is 4.28. The van der Waals surface area contributed by atoms with Crippen molar-refractivity contribution in [3.8, 4) is 0 Å². The number of fused-ring (bicyclic) bond motifs is 1. The maximum absolute atomic E-state index is 12.4. The first-order valence-corrected chi connectivity index (χ1v) is 8.19. The van der Waals surface area contributed by atoms with Gasteiger partial charge in [-0.3, -0.25) is 9.48 Å². The van der Waals surface area contributed by atoms with E-state index in [9.17, 15) is 9.59 Å². The van der Waals surface area contributed by atoms with Crippen molar-refractivity contribution in [2.24, 2.45) is 11.1 Å². The molecule has 0 aromatic carbocycles. The Bertz CT molecular complexity index is 805. The molecule has 2 aromatic heterocycles. The molecular formula is C17H23N5O3. The lowest BCUT2D eigenvalue weighted by Gasteiger charge is -2.34. The molecule has 0 saturated carbocycles. The maximum atomic E-state index is 12.4. The molecular weight excluding hydrogens is 322 g/mol. The molecule has 2 heterocycles. The molecule has 0 fully saturated rings. The van der Waals surface area contributed by atoms with E-state index < -0.39 is 5.91 Å². The van der Waals surface area contributed by atoms with Gasteiger partial charge in [0.15, 0.2) is 0 Å². The maximum Gasteiger partial charge on any atom is 0.319 e. The summed E-state index contributed by atoms with van der Waals surface area (Å²) in [4.78, 5) is 23.3. The van der Waals surface area contributed by atoms with E-state index >= 15 is 0 Å². The van der Waals surface area contributed by atoms with Crippen LogP contribution in [-0.2, 0) is 17.8 Å². The van der Waals surface area contributed by atoms with Gasteiger partial charge < -0.3 is 20.8 Å². The van der Waals surface area contributed by atoms with Crippen molar-refractivity contribution in [3.05, 3.63) is 35.5 Å². The number of aromatic nitrogens is 2. The van der Waals surface area contributed by atoms with Crippen LogP contribution in [0.1, 0.15) is 43.4 Å². The van der Waals surface area contributed by atoms with Crippen molar-refractivity contribution in [2.75, 3.05) is 5.32 Å². The van der Waals surface area contributed by atoms with Gasteiger partial charge >= 0.3 is 6.03 Å². The number of carbonyl (C=O) groups excluding carboxylic acids is 2. The van der Waals surface area contributed by atoms with Crippen molar-refractivity contribution in [2.45, 2.75) is 46.2 Å². The molecule has 8 heteroatoms. The number of hydrogen-bond donors (Lipinski definition) is 3. The molecule has 0 saturated heterocycles. The number of urea groups is 1. The largest absolute Gasteiger partial charge is 0.466 e. The standard InChI is InChI=1S/C17H23N5O3/c1-10-4-12-13(5-17(2,3)6-14(12)25-10)21-16(24)20-11-7-19-22(8-11)9-15(18)23/h4,7-8,13H,5-6,9H2,1-3H3,(H2,18,23)(H2,20,21,24). The molecule has 8 nitrogen and oxygen atoms in total. The van der Waals surface area contributed by atoms with Gasteiger partial charge in [0.2, 0.25) is 5.91 Å². The average Bonchev–Trinajstić information content (AvgIpc) is 3.02. The second-order valence-corrected chi connectivity index (χ2v) is 7.32. The number of anilines is 1. The van der Waals surface area contributed by atoms with Crippen molar-refractivity contribution in [1.29, 1.82) is 0 Å². The van der Waals surface area contributed by atoms with Crippen LogP contribution in [0.25, 0.3) is 0 Å². The molecule has 1 aliphatic rings. The van der Waals surface area contributed by atoms with Gasteiger partial charge in [0.05, 0.1) is 17.9 Å². The van der Waals surface area contributed by atoms with Crippen LogP contribution in [-0.4, -0.2) is 21.7 Å². The van der Waals surface area contributed by atoms with Crippen LogP contribution in [0, 0.1) is 12.3 Å². The van der Waals surface area contributed by atoms with Gasteiger partial charge in [-0.15, -0.1) is 0 Å². The predicted octanol–water partition coefficient (Wildman–Crippen LogP) is 2.11. The first-order chi connectivity index (χ1) is 11.7. The van der Waals surface area contributed by atoms with Crippen molar-refractivity contribution < 1.29 is 14.0 Å². The van der Waals surface area contributed by atoms with Gasteiger partial charge in [-0.05, 0) is 24.8 Å². The third-order valence-corrected chi connectivity index (χ3v) is 4.25. The fraction of sp³-hybridized carbons (Fsp3) is 0.471. The highest BCUT2D eigenvalue weighted by atomic mass is 16.3. The molecule has 134 valence electrons. The molecule has 3 amide bonds. The number of furan rings is 1. The first-order valence-electron chi connectivity index (χ1n) is 8.19. The van der Waals surface area contributed by atoms with Gasteiger partial charge in [-0.25, -0.2) is 4.79 Å². The van der Waals surface area contributed by atoms with Crippen LogP contribution >= 0.6 is 0 Å². The molecule has 0 radical (unpaired) electrons. The third-order valence-electron chi connectivity index (χ3n) is 4.25. The molecule has 0 aliphatic heterocycles. The van der Waals surface area contributed by atoms with E-state index in [1.807, 2.05) is 13.0 Å². The SMILES string of the molecule is Cc1cc2c(o1)CC(C)(C)CC2NC(=O)Nc1cnn(CC(N)=O)c1. The van der Waals surface area contributed by atoms with Gasteiger partial charge in [0.1, 0.15) is 18.1 Å². The Hall–Kier alpha value is -2.77. The van der Waals surface area contributed by atoms with Crippen molar-refractivity contribution in [3.63, 3.8) is 0 Å². The fourth-order valence-electron chi connectivity index (χ4n) is 3.31. The number of nitrogens with zero attached hydrogens (tertiary/aromatic N) is 2. The number of aryl methyl sites for hydroxylation is 1. The summed E-state index contributed by atoms with van der Waals surface area (Å²) in [6, 6.07) is 1.54. The molecule has 25 heavy (non-hydrogen) atoms. The first kappa shape index (κ1) is 17.1. The number of hydrogen-bond acceptors (Lipinski definition) is 4. The third kappa shape index (κ3) is 4.01. The summed E-state index contributed by atoms with van der Waals surface area (Å²) in [5.41, 5.74) is 6.70. The Balaban J connectivity index is 1.68. The molecule has 0 bridgehead atoms. The molecule has 2 aromatic rings. The summed E-state index contributed by atoms with van der Waals surface area (Å²) in [5, 5.41) is 9.71. The lowest BCUT2D eigenvalue weighted by molar-refractivity contribution is -0.118. The predicted molar refractivity (Wildman–Crippen MR) is 91.9 cm³/mol. The Morgan fingerprint density at radius 3 is 2.96 bits per heavy atom. The zero-order valence-electron chi connectivity index (χ0n) is 14.6. The van der Waals surface area contributed by atoms with E-state index in [0.29, 0.717) is 5.69 Å². The van der Waals surface area contributed by atoms with Crippen LogP contribution in [0.3, 0.4) is 0 Å². The minimum absolute atomic E-state index is 0.0300. The van der Waals surface area contributed by atoms with Crippen LogP contribution in [0.4, 0.5) is 10.5 Å². The Morgan fingerprint density at radius 2 is 2.24 bits per heavy atom. The molecule has 1 atom stereocenters. The van der Waals surface area contributed by atoms with Gasteiger partial charge in [-0.2, -0.15) is 5.10 Å². The number of amides is 3. The molecule has 4 N–H and O–H groups in total. The van der Waals surface area contributed by atoms with E-state index in [1.165, 1.54) is 10.9 Å². The van der Waals surface area contributed by atoms with Crippen LogP contribution in [0.5, 0.6) is 0 Å². The minimum Gasteiger partial charge on any atom is -0.466 e. The van der Waals surface area contributed by atoms with Crippen molar-refractivity contribution in [1.82, 2.24) is 15.1 Å². The number of rotatable bonds is 4. The fourth-order valence-corrected chi connectivity index (χ4v) is 3.31. The highest BCUT2D eigenvalue weighted by Crippen LogP contribution is 2.41. The lowest BCUT2D eigenvalue weighted by atomic mass is 9.75. The molecule has 3 rings (SSSR count). The molecule has 0 spiro atoms. The van der Waals surface area contributed by atoms with Gasteiger partial charge in [0, 0.05) is 18.2 Å². The van der Waals surface area contributed by atoms with E-state index in [1.54, 1.807) is 6.20 Å². The number of primary amides is 1. The number of nitrogens with one attached hydrogen (secondary N) is 2. The summed E-state index contributed by atoms with van der Waals surface area (Å²) in [6.45, 7) is 6.20. The zero-order valence-corrected chi connectivity index (χ0v) is 14.6. The molecule has 1 unspecified atom stereocenters. The highest BCUT2D eigenvalue weighted by molar-refractivity contribution is 5.89. The van der Waals surface area contributed by atoms with Gasteiger partial charge in [0.25, 0.3) is 0 Å². The number of carbonyl (C=O) groups is 2.